The van der Waals surface area contributed by atoms with Gasteiger partial charge in [-0.3, -0.25) is 4.79 Å². The average Bonchev–Trinajstić information content (AvgIpc) is 2.96. The van der Waals surface area contributed by atoms with Crippen LogP contribution in [0.15, 0.2) is 29.4 Å². The Hall–Kier alpha value is -1.93. The Kier molecular flexibility index (Phi) is 5.15. The molecule has 1 amide bonds. The minimum absolute atomic E-state index is 0.0808. The maximum atomic E-state index is 11.9. The molecule has 1 atom stereocenters. The van der Waals surface area contributed by atoms with Gasteiger partial charge in [-0.05, 0) is 24.1 Å². The first kappa shape index (κ1) is 16.9. The van der Waals surface area contributed by atoms with Crippen LogP contribution in [0.25, 0.3) is 0 Å². The number of hydrogen-bond acceptors (Lipinski definition) is 6. The van der Waals surface area contributed by atoms with E-state index in [4.69, 9.17) is 4.74 Å². The van der Waals surface area contributed by atoms with Gasteiger partial charge < -0.3 is 9.64 Å². The number of rotatable bonds is 4. The van der Waals surface area contributed by atoms with Gasteiger partial charge in [0.25, 0.3) is 0 Å². The van der Waals surface area contributed by atoms with E-state index in [-0.39, 0.29) is 17.4 Å². The van der Waals surface area contributed by atoms with E-state index in [0.717, 1.165) is 37.6 Å². The molecule has 0 radical (unpaired) electrons. The summed E-state index contributed by atoms with van der Waals surface area (Å²) in [5.74, 6) is -0.825. The Bertz CT molecular complexity index is 709. The summed E-state index contributed by atoms with van der Waals surface area (Å²) in [7, 11) is -3.06. The molecule has 2 aliphatic heterocycles. The van der Waals surface area contributed by atoms with Gasteiger partial charge >= 0.3 is 0 Å². The van der Waals surface area contributed by atoms with Crippen LogP contribution in [0.3, 0.4) is 0 Å². The molecule has 2 fully saturated rings. The zero-order valence-electron chi connectivity index (χ0n) is 13.3. The lowest BCUT2D eigenvalue weighted by Gasteiger charge is -2.28. The number of ether oxygens (including phenoxy) is 1. The summed E-state index contributed by atoms with van der Waals surface area (Å²) in [4.78, 5) is 14.1. The molecule has 0 unspecified atom stereocenters. The van der Waals surface area contributed by atoms with Crippen LogP contribution < -0.4 is 10.3 Å². The molecule has 8 heteroatoms. The maximum absolute atomic E-state index is 11.9. The van der Waals surface area contributed by atoms with Crippen molar-refractivity contribution in [1.29, 1.82) is 0 Å². The highest BCUT2D eigenvalue weighted by molar-refractivity contribution is 7.91. The van der Waals surface area contributed by atoms with Crippen LogP contribution in [0.4, 0.5) is 5.69 Å². The van der Waals surface area contributed by atoms with Gasteiger partial charge in [-0.25, -0.2) is 13.8 Å². The first-order valence-electron chi connectivity index (χ1n) is 8.00. The van der Waals surface area contributed by atoms with Crippen molar-refractivity contribution in [3.05, 3.63) is 29.8 Å². The monoisotopic (exact) mass is 351 g/mol. The number of anilines is 1. The van der Waals surface area contributed by atoms with E-state index in [2.05, 4.69) is 15.4 Å². The first-order chi connectivity index (χ1) is 11.5. The number of nitrogens with zero attached hydrogens (tertiary/aromatic N) is 2. The smallest absolute Gasteiger partial charge is 0.244 e. The molecule has 2 heterocycles. The molecule has 0 aromatic heterocycles. The molecule has 130 valence electrons. The highest BCUT2D eigenvalue weighted by atomic mass is 32.2. The molecular formula is C16H21N3O4S. The summed E-state index contributed by atoms with van der Waals surface area (Å²) in [6.07, 6.45) is 1.93. The second-order valence-corrected chi connectivity index (χ2v) is 8.25. The Morgan fingerprint density at radius 2 is 1.96 bits per heavy atom. The molecule has 3 rings (SSSR count). The van der Waals surface area contributed by atoms with Crippen molar-refractivity contribution in [1.82, 2.24) is 5.43 Å². The average molecular weight is 351 g/mol. The Morgan fingerprint density at radius 3 is 2.58 bits per heavy atom. The fourth-order valence-corrected chi connectivity index (χ4v) is 4.60. The molecule has 0 spiro atoms. The summed E-state index contributed by atoms with van der Waals surface area (Å²) < 4.78 is 28.1. The van der Waals surface area contributed by atoms with Gasteiger partial charge in [0, 0.05) is 18.8 Å². The minimum Gasteiger partial charge on any atom is -0.378 e. The molecule has 1 N–H and O–H groups in total. The fourth-order valence-electron chi connectivity index (χ4n) is 2.86. The van der Waals surface area contributed by atoms with Crippen molar-refractivity contribution in [2.75, 3.05) is 42.7 Å². The molecule has 24 heavy (non-hydrogen) atoms. The van der Waals surface area contributed by atoms with Crippen molar-refractivity contribution in [2.45, 2.75) is 6.42 Å². The van der Waals surface area contributed by atoms with Gasteiger partial charge in [-0.1, -0.05) is 12.1 Å². The van der Waals surface area contributed by atoms with E-state index < -0.39 is 15.8 Å². The number of carbonyl (C=O) groups excluding carboxylic acids is 1. The van der Waals surface area contributed by atoms with Crippen molar-refractivity contribution >= 4 is 27.6 Å². The number of nitrogens with one attached hydrogen (secondary N) is 1. The van der Waals surface area contributed by atoms with Crippen LogP contribution in [-0.2, 0) is 19.4 Å². The summed E-state index contributed by atoms with van der Waals surface area (Å²) in [5.41, 5.74) is 4.43. The van der Waals surface area contributed by atoms with Crippen molar-refractivity contribution in [3.8, 4) is 0 Å². The summed E-state index contributed by atoms with van der Waals surface area (Å²) >= 11 is 0. The van der Waals surface area contributed by atoms with Gasteiger partial charge in [0.15, 0.2) is 9.84 Å². The molecule has 0 bridgehead atoms. The number of morpholine rings is 1. The molecule has 0 aliphatic carbocycles. The molecule has 0 saturated carbocycles. The van der Waals surface area contributed by atoms with E-state index in [1.807, 2.05) is 24.3 Å². The SMILES string of the molecule is O=C(N/N=C\c1ccc(N2CCOCC2)cc1)[C@H]1CCS(=O)(=O)C1. The highest BCUT2D eigenvalue weighted by Crippen LogP contribution is 2.18. The molecule has 1 aromatic rings. The quantitative estimate of drug-likeness (QED) is 0.627. The van der Waals surface area contributed by atoms with Gasteiger partial charge in [0.2, 0.25) is 5.91 Å². The lowest BCUT2D eigenvalue weighted by molar-refractivity contribution is -0.124. The molecule has 7 nitrogen and oxygen atoms in total. The number of carbonyl (C=O) groups is 1. The van der Waals surface area contributed by atoms with Crippen LogP contribution in [0.5, 0.6) is 0 Å². The third-order valence-corrected chi connectivity index (χ3v) is 6.03. The standard InChI is InChI=1S/C16H21N3O4S/c20-16(14-5-10-24(21,22)12-14)18-17-11-13-1-3-15(4-2-13)19-6-8-23-9-7-19/h1-4,11,14H,5-10,12H2,(H,18,20)/b17-11-/t14-/m0/s1. The zero-order valence-corrected chi connectivity index (χ0v) is 14.2. The number of sulfone groups is 1. The van der Waals surface area contributed by atoms with E-state index in [0.29, 0.717) is 6.42 Å². The summed E-state index contributed by atoms with van der Waals surface area (Å²) in [6.45, 7) is 3.25. The van der Waals surface area contributed by atoms with Gasteiger partial charge in [-0.2, -0.15) is 5.10 Å². The maximum Gasteiger partial charge on any atom is 0.244 e. The van der Waals surface area contributed by atoms with Gasteiger partial charge in [-0.15, -0.1) is 0 Å². The molecular weight excluding hydrogens is 330 g/mol. The third kappa shape index (κ3) is 4.33. The van der Waals surface area contributed by atoms with E-state index in [1.54, 1.807) is 6.21 Å². The Balaban J connectivity index is 1.52. The van der Waals surface area contributed by atoms with E-state index in [1.165, 1.54) is 0 Å². The predicted molar refractivity (Wildman–Crippen MR) is 92.0 cm³/mol. The number of benzene rings is 1. The van der Waals surface area contributed by atoms with Crippen molar-refractivity contribution < 1.29 is 17.9 Å². The largest absolute Gasteiger partial charge is 0.378 e. The number of hydrazone groups is 1. The lowest BCUT2D eigenvalue weighted by Crippen LogP contribution is -2.36. The minimum atomic E-state index is -3.06. The van der Waals surface area contributed by atoms with Crippen LogP contribution in [0.2, 0.25) is 0 Å². The fraction of sp³-hybridized carbons (Fsp3) is 0.500. The van der Waals surface area contributed by atoms with Crippen molar-refractivity contribution in [2.24, 2.45) is 11.0 Å². The third-order valence-electron chi connectivity index (χ3n) is 4.26. The van der Waals surface area contributed by atoms with Crippen LogP contribution in [-0.4, -0.2) is 58.3 Å². The second-order valence-electron chi connectivity index (χ2n) is 6.03. The highest BCUT2D eigenvalue weighted by Gasteiger charge is 2.32. The predicted octanol–water partition coefficient (Wildman–Crippen LogP) is 0.408. The van der Waals surface area contributed by atoms with Gasteiger partial charge in [0.05, 0.1) is 36.9 Å². The number of amides is 1. The topological polar surface area (TPSA) is 88.1 Å². The Morgan fingerprint density at radius 1 is 1.25 bits per heavy atom. The summed E-state index contributed by atoms with van der Waals surface area (Å²) in [5, 5.41) is 3.92. The Labute approximate surface area is 141 Å². The van der Waals surface area contributed by atoms with Crippen LogP contribution in [0, 0.1) is 5.92 Å². The summed E-state index contributed by atoms with van der Waals surface area (Å²) in [6, 6.07) is 7.89. The van der Waals surface area contributed by atoms with Crippen molar-refractivity contribution in [3.63, 3.8) is 0 Å². The molecule has 1 aromatic carbocycles. The second kappa shape index (κ2) is 7.31. The molecule has 2 saturated heterocycles. The van der Waals surface area contributed by atoms with E-state index >= 15 is 0 Å². The number of hydrogen-bond donors (Lipinski definition) is 1. The van der Waals surface area contributed by atoms with Gasteiger partial charge in [0.1, 0.15) is 0 Å². The van der Waals surface area contributed by atoms with Crippen LogP contribution >= 0.6 is 0 Å². The molecule has 2 aliphatic rings. The van der Waals surface area contributed by atoms with E-state index in [9.17, 15) is 13.2 Å². The zero-order chi connectivity index (χ0) is 17.0. The lowest BCUT2D eigenvalue weighted by atomic mass is 10.1. The first-order valence-corrected chi connectivity index (χ1v) is 9.82. The van der Waals surface area contributed by atoms with Crippen LogP contribution in [0.1, 0.15) is 12.0 Å². The normalized spacial score (nSPS) is 23.5.